The predicted molar refractivity (Wildman–Crippen MR) is 117 cm³/mol. The van der Waals surface area contributed by atoms with Crippen LogP contribution in [0.25, 0.3) is 5.76 Å². The third-order valence-corrected chi connectivity index (χ3v) is 5.29. The normalized spacial score (nSPS) is 18.1. The average Bonchev–Trinajstić information content (AvgIpc) is 3.00. The molecular weight excluding hydrogens is 378 g/mol. The van der Waals surface area contributed by atoms with Gasteiger partial charge in [0, 0.05) is 12.1 Å². The lowest BCUT2D eigenvalue weighted by molar-refractivity contribution is -0.139. The Hall–Kier alpha value is -3.08. The summed E-state index contributed by atoms with van der Waals surface area (Å²) >= 11 is 0. The van der Waals surface area contributed by atoms with Gasteiger partial charge in [0.2, 0.25) is 0 Å². The maximum absolute atomic E-state index is 12.9. The van der Waals surface area contributed by atoms with Crippen molar-refractivity contribution in [2.24, 2.45) is 0 Å². The molecule has 30 heavy (non-hydrogen) atoms. The third kappa shape index (κ3) is 4.40. The molecule has 1 atom stereocenters. The molecule has 1 unspecified atom stereocenters. The van der Waals surface area contributed by atoms with Gasteiger partial charge in [0.1, 0.15) is 11.5 Å². The van der Waals surface area contributed by atoms with Gasteiger partial charge in [-0.25, -0.2) is 0 Å². The maximum atomic E-state index is 12.9. The van der Waals surface area contributed by atoms with E-state index in [4.69, 9.17) is 4.74 Å². The Morgan fingerprint density at radius 1 is 1.00 bits per heavy atom. The van der Waals surface area contributed by atoms with Gasteiger partial charge in [-0.3, -0.25) is 9.59 Å². The highest BCUT2D eigenvalue weighted by Crippen LogP contribution is 2.39. The van der Waals surface area contributed by atoms with E-state index in [2.05, 4.69) is 6.92 Å². The number of aliphatic hydroxyl groups excluding tert-OH is 1. The summed E-state index contributed by atoms with van der Waals surface area (Å²) in [5.74, 6) is -0.605. The number of aryl methyl sites for hydroxylation is 1. The van der Waals surface area contributed by atoms with Gasteiger partial charge >= 0.3 is 0 Å². The molecule has 0 aliphatic carbocycles. The number of hydrogen-bond donors (Lipinski definition) is 1. The van der Waals surface area contributed by atoms with E-state index in [-0.39, 0.29) is 11.3 Å². The fourth-order valence-electron chi connectivity index (χ4n) is 3.65. The number of rotatable bonds is 8. The second-order valence-corrected chi connectivity index (χ2v) is 7.63. The Morgan fingerprint density at radius 2 is 1.67 bits per heavy atom. The van der Waals surface area contributed by atoms with E-state index in [0.717, 1.165) is 29.7 Å². The molecule has 1 heterocycles. The van der Waals surface area contributed by atoms with Crippen LogP contribution in [0.4, 0.5) is 0 Å². The van der Waals surface area contributed by atoms with Gasteiger partial charge in [-0.15, -0.1) is 0 Å². The van der Waals surface area contributed by atoms with Crippen LogP contribution in [0.2, 0.25) is 0 Å². The molecule has 0 bridgehead atoms. The lowest BCUT2D eigenvalue weighted by Crippen LogP contribution is -2.30. The Kier molecular flexibility index (Phi) is 6.93. The molecule has 1 N–H and O–H groups in total. The Bertz CT molecular complexity index is 929. The van der Waals surface area contributed by atoms with Crippen molar-refractivity contribution in [1.29, 1.82) is 0 Å². The number of ether oxygens (including phenoxy) is 1. The summed E-state index contributed by atoms with van der Waals surface area (Å²) in [4.78, 5) is 27.1. The lowest BCUT2D eigenvalue weighted by atomic mass is 9.95. The van der Waals surface area contributed by atoms with Crippen molar-refractivity contribution in [1.82, 2.24) is 4.90 Å². The smallest absolute Gasteiger partial charge is 0.295 e. The molecule has 1 aliphatic rings. The van der Waals surface area contributed by atoms with Gasteiger partial charge in [0.05, 0.1) is 18.2 Å². The van der Waals surface area contributed by atoms with Crippen molar-refractivity contribution in [3.8, 4) is 5.75 Å². The number of ketones is 1. The summed E-state index contributed by atoms with van der Waals surface area (Å²) in [5, 5.41) is 11.0. The van der Waals surface area contributed by atoms with Crippen LogP contribution in [-0.2, 0) is 9.59 Å². The first-order valence-corrected chi connectivity index (χ1v) is 10.6. The van der Waals surface area contributed by atoms with Crippen molar-refractivity contribution in [3.63, 3.8) is 0 Å². The van der Waals surface area contributed by atoms with E-state index in [1.165, 1.54) is 0 Å². The summed E-state index contributed by atoms with van der Waals surface area (Å²) in [6, 6.07) is 14.1. The third-order valence-electron chi connectivity index (χ3n) is 5.29. The van der Waals surface area contributed by atoms with Crippen LogP contribution in [0.15, 0.2) is 54.1 Å². The van der Waals surface area contributed by atoms with E-state index in [1.54, 1.807) is 17.0 Å². The highest BCUT2D eigenvalue weighted by molar-refractivity contribution is 6.46. The largest absolute Gasteiger partial charge is 0.507 e. The average molecular weight is 408 g/mol. The first-order chi connectivity index (χ1) is 14.5. The van der Waals surface area contributed by atoms with E-state index in [9.17, 15) is 14.7 Å². The number of amides is 1. The van der Waals surface area contributed by atoms with E-state index in [0.29, 0.717) is 25.1 Å². The number of nitrogens with zero attached hydrogens (tertiary/aromatic N) is 1. The van der Waals surface area contributed by atoms with E-state index >= 15 is 0 Å². The van der Waals surface area contributed by atoms with Gasteiger partial charge in [-0.1, -0.05) is 62.2 Å². The fourth-order valence-corrected chi connectivity index (χ4v) is 3.65. The molecule has 1 aliphatic heterocycles. The quantitative estimate of drug-likeness (QED) is 0.289. The van der Waals surface area contributed by atoms with Gasteiger partial charge in [0.25, 0.3) is 11.7 Å². The summed E-state index contributed by atoms with van der Waals surface area (Å²) in [6.45, 7) is 7.11. The molecule has 0 radical (unpaired) electrons. The zero-order valence-electron chi connectivity index (χ0n) is 17.9. The topological polar surface area (TPSA) is 66.8 Å². The van der Waals surface area contributed by atoms with Crippen LogP contribution < -0.4 is 4.74 Å². The first-order valence-electron chi connectivity index (χ1n) is 10.6. The lowest BCUT2D eigenvalue weighted by Gasteiger charge is -2.25. The van der Waals surface area contributed by atoms with Gasteiger partial charge < -0.3 is 14.7 Å². The number of unbranched alkanes of at least 4 members (excludes halogenated alkanes) is 1. The molecule has 3 rings (SSSR count). The van der Waals surface area contributed by atoms with Crippen LogP contribution in [0.1, 0.15) is 55.8 Å². The highest BCUT2D eigenvalue weighted by Gasteiger charge is 2.45. The molecule has 1 saturated heterocycles. The van der Waals surface area contributed by atoms with E-state index < -0.39 is 17.7 Å². The van der Waals surface area contributed by atoms with Crippen LogP contribution >= 0.6 is 0 Å². The Morgan fingerprint density at radius 3 is 2.27 bits per heavy atom. The summed E-state index contributed by atoms with van der Waals surface area (Å²) in [7, 11) is 0. The van der Waals surface area contributed by atoms with Crippen LogP contribution in [0, 0.1) is 6.92 Å². The molecule has 2 aromatic carbocycles. The van der Waals surface area contributed by atoms with Crippen molar-refractivity contribution < 1.29 is 19.4 Å². The summed E-state index contributed by atoms with van der Waals surface area (Å²) in [5.41, 5.74) is 2.49. The van der Waals surface area contributed by atoms with Gasteiger partial charge in [0.15, 0.2) is 0 Å². The second-order valence-electron chi connectivity index (χ2n) is 7.63. The first kappa shape index (κ1) is 21.6. The number of hydrogen-bond acceptors (Lipinski definition) is 4. The summed E-state index contributed by atoms with van der Waals surface area (Å²) < 4.78 is 5.73. The molecule has 0 saturated carbocycles. The molecule has 5 nitrogen and oxygen atoms in total. The number of carbonyl (C=O) groups is 2. The number of Topliss-reactive ketones (excluding diaryl/α,β-unsaturated/α-hetero) is 1. The monoisotopic (exact) mass is 407 g/mol. The molecule has 0 spiro atoms. The number of aliphatic hydroxyl groups is 1. The molecule has 0 aromatic heterocycles. The van der Waals surface area contributed by atoms with Crippen molar-refractivity contribution >= 4 is 17.4 Å². The zero-order chi connectivity index (χ0) is 21.7. The summed E-state index contributed by atoms with van der Waals surface area (Å²) in [6.07, 6.45) is 2.75. The molecule has 158 valence electrons. The number of benzene rings is 2. The minimum Gasteiger partial charge on any atom is -0.507 e. The van der Waals surface area contributed by atoms with Crippen molar-refractivity contribution in [3.05, 3.63) is 70.8 Å². The minimum absolute atomic E-state index is 0.136. The van der Waals surface area contributed by atoms with Crippen molar-refractivity contribution in [2.75, 3.05) is 13.2 Å². The van der Waals surface area contributed by atoms with Gasteiger partial charge in [-0.05, 0) is 37.5 Å². The van der Waals surface area contributed by atoms with Crippen LogP contribution in [-0.4, -0.2) is 34.8 Å². The number of carbonyl (C=O) groups excluding carboxylic acids is 2. The molecule has 1 fully saturated rings. The maximum Gasteiger partial charge on any atom is 0.295 e. The Balaban J connectivity index is 2.02. The molecular formula is C25H29NO4. The molecule has 5 heteroatoms. The zero-order valence-corrected chi connectivity index (χ0v) is 17.9. The van der Waals surface area contributed by atoms with Crippen LogP contribution in [0.3, 0.4) is 0 Å². The van der Waals surface area contributed by atoms with Crippen molar-refractivity contribution in [2.45, 2.75) is 46.1 Å². The molecule has 2 aromatic rings. The highest BCUT2D eigenvalue weighted by atomic mass is 16.5. The van der Waals surface area contributed by atoms with Crippen LogP contribution in [0.5, 0.6) is 5.75 Å². The van der Waals surface area contributed by atoms with E-state index in [1.807, 2.05) is 50.2 Å². The minimum atomic E-state index is -0.644. The predicted octanol–water partition coefficient (Wildman–Crippen LogP) is 5.01. The second kappa shape index (κ2) is 9.61. The number of likely N-dealkylation sites (tertiary alicyclic amines) is 1. The fraction of sp³-hybridized carbons (Fsp3) is 0.360. The van der Waals surface area contributed by atoms with Gasteiger partial charge in [-0.2, -0.15) is 0 Å². The molecule has 1 amide bonds. The SMILES string of the molecule is CCCCOc1ccc(C2/C(=C(/O)c3ccc(C)cc3)C(=O)C(=O)N2CCC)cc1. The standard InChI is InChI=1S/C25H29NO4/c1-4-6-16-30-20-13-11-18(12-14-20)22-21(24(28)25(29)26(22)15-5-2)23(27)19-9-7-17(3)8-10-19/h7-14,22,27H,4-6,15-16H2,1-3H3/b23-21-. The Labute approximate surface area is 178 Å².